The summed E-state index contributed by atoms with van der Waals surface area (Å²) in [4.78, 5) is 35.4. The second-order valence-corrected chi connectivity index (χ2v) is 8.08. The fraction of sp³-hybridized carbons (Fsp3) is 0.526. The first-order chi connectivity index (χ1) is 11.4. The van der Waals surface area contributed by atoms with E-state index in [0.29, 0.717) is 5.56 Å². The van der Waals surface area contributed by atoms with Crippen LogP contribution in [0.3, 0.4) is 0 Å². The van der Waals surface area contributed by atoms with Gasteiger partial charge >= 0.3 is 0 Å². The Bertz CT molecular complexity index is 623. The molecule has 25 heavy (non-hydrogen) atoms. The molecule has 0 spiro atoms. The fourth-order valence-corrected chi connectivity index (χ4v) is 2.09. The maximum Gasteiger partial charge on any atom is 0.251 e. The highest BCUT2D eigenvalue weighted by atomic mass is 16.2. The van der Waals surface area contributed by atoms with Gasteiger partial charge in [0, 0.05) is 11.1 Å². The largest absolute Gasteiger partial charge is 0.350 e. The summed E-state index contributed by atoms with van der Waals surface area (Å²) in [6, 6.07) is 7.30. The molecule has 6 heteroatoms. The van der Waals surface area contributed by atoms with Gasteiger partial charge in [-0.2, -0.15) is 0 Å². The van der Waals surface area contributed by atoms with E-state index in [1.165, 1.54) is 0 Å². The van der Waals surface area contributed by atoms with Crippen molar-refractivity contribution in [3.63, 3.8) is 0 Å². The van der Waals surface area contributed by atoms with Gasteiger partial charge in [0.2, 0.25) is 11.8 Å². The summed E-state index contributed by atoms with van der Waals surface area (Å²) in [5, 5.41) is 7.76. The molecule has 138 valence electrons. The number of hydrogen-bond acceptors (Lipinski definition) is 3. The number of rotatable bonds is 5. The quantitative estimate of drug-likeness (QED) is 0.758. The Balaban J connectivity index is 2.43. The third-order valence-corrected chi connectivity index (χ3v) is 3.38. The minimum Gasteiger partial charge on any atom is -0.350 e. The molecule has 0 bridgehead atoms. The van der Waals surface area contributed by atoms with E-state index in [1.54, 1.807) is 12.1 Å². The molecule has 6 nitrogen and oxygen atoms in total. The zero-order valence-electron chi connectivity index (χ0n) is 15.9. The normalized spacial score (nSPS) is 11.6. The zero-order chi connectivity index (χ0) is 19.3. The summed E-state index contributed by atoms with van der Waals surface area (Å²) in [5.74, 6) is -1.01. The highest BCUT2D eigenvalue weighted by Crippen LogP contribution is 2.22. The first-order valence-electron chi connectivity index (χ1n) is 8.35. The molecule has 0 heterocycles. The first-order valence-corrected chi connectivity index (χ1v) is 8.35. The van der Waals surface area contributed by atoms with Gasteiger partial charge in [-0.05, 0) is 43.9 Å². The smallest absolute Gasteiger partial charge is 0.251 e. The second kappa shape index (κ2) is 8.14. The first kappa shape index (κ1) is 20.7. The van der Waals surface area contributed by atoms with Crippen LogP contribution in [0, 0.1) is 0 Å². The molecule has 0 saturated carbocycles. The molecule has 0 aliphatic heterocycles. The summed E-state index contributed by atoms with van der Waals surface area (Å²) in [6.07, 6.45) is 0. The molecule has 3 N–H and O–H groups in total. The highest BCUT2D eigenvalue weighted by Gasteiger charge is 2.16. The van der Waals surface area contributed by atoms with Crippen molar-refractivity contribution < 1.29 is 14.4 Å². The number of amides is 3. The van der Waals surface area contributed by atoms with Crippen molar-refractivity contribution in [2.75, 3.05) is 13.1 Å². The topological polar surface area (TPSA) is 87.3 Å². The van der Waals surface area contributed by atoms with Crippen molar-refractivity contribution in [2.45, 2.75) is 52.5 Å². The van der Waals surface area contributed by atoms with Crippen LogP contribution in [0.25, 0.3) is 0 Å². The van der Waals surface area contributed by atoms with Gasteiger partial charge in [-0.15, -0.1) is 0 Å². The number of carbonyl (C=O) groups excluding carboxylic acids is 3. The van der Waals surface area contributed by atoms with Crippen LogP contribution < -0.4 is 16.0 Å². The molecular formula is C19H29N3O3. The fourth-order valence-electron chi connectivity index (χ4n) is 2.09. The van der Waals surface area contributed by atoms with Gasteiger partial charge in [0.05, 0.1) is 13.1 Å². The molecular weight excluding hydrogens is 318 g/mol. The van der Waals surface area contributed by atoms with Crippen LogP contribution >= 0.6 is 0 Å². The maximum absolute atomic E-state index is 12.1. The van der Waals surface area contributed by atoms with Crippen LogP contribution in [0.5, 0.6) is 0 Å². The summed E-state index contributed by atoms with van der Waals surface area (Å²) < 4.78 is 0. The third-order valence-electron chi connectivity index (χ3n) is 3.38. The lowest BCUT2D eigenvalue weighted by molar-refractivity contribution is -0.126. The maximum atomic E-state index is 12.1. The number of nitrogens with one attached hydrogen (secondary N) is 3. The molecule has 0 aliphatic carbocycles. The van der Waals surface area contributed by atoms with Gasteiger partial charge in [-0.1, -0.05) is 32.9 Å². The van der Waals surface area contributed by atoms with Crippen molar-refractivity contribution in [1.82, 2.24) is 16.0 Å². The van der Waals surface area contributed by atoms with E-state index < -0.39 is 5.91 Å². The Morgan fingerprint density at radius 1 is 0.800 bits per heavy atom. The molecule has 0 aromatic heterocycles. The van der Waals surface area contributed by atoms with Gasteiger partial charge in [-0.25, -0.2) is 0 Å². The average molecular weight is 347 g/mol. The van der Waals surface area contributed by atoms with E-state index in [1.807, 2.05) is 32.9 Å². The predicted molar refractivity (Wildman–Crippen MR) is 98.4 cm³/mol. The number of hydrogen-bond donors (Lipinski definition) is 3. The molecule has 0 aliphatic rings. The van der Waals surface area contributed by atoms with Crippen molar-refractivity contribution in [3.05, 3.63) is 35.4 Å². The van der Waals surface area contributed by atoms with Gasteiger partial charge in [-0.3, -0.25) is 14.4 Å². The Morgan fingerprint density at radius 2 is 1.32 bits per heavy atom. The molecule has 1 aromatic carbocycles. The third kappa shape index (κ3) is 7.83. The molecule has 0 atom stereocenters. The van der Waals surface area contributed by atoms with E-state index >= 15 is 0 Å². The Hall–Kier alpha value is -2.37. The van der Waals surface area contributed by atoms with Crippen molar-refractivity contribution >= 4 is 17.7 Å². The summed E-state index contributed by atoms with van der Waals surface area (Å²) in [7, 11) is 0. The Kier molecular flexibility index (Phi) is 6.73. The lowest BCUT2D eigenvalue weighted by Crippen LogP contribution is -2.47. The molecule has 0 fully saturated rings. The van der Waals surface area contributed by atoms with Crippen LogP contribution in [0.4, 0.5) is 0 Å². The Morgan fingerprint density at radius 3 is 1.80 bits per heavy atom. The molecule has 0 radical (unpaired) electrons. The Labute approximate surface area is 149 Å². The van der Waals surface area contributed by atoms with E-state index in [0.717, 1.165) is 5.56 Å². The van der Waals surface area contributed by atoms with Crippen LogP contribution in [0.15, 0.2) is 24.3 Å². The van der Waals surface area contributed by atoms with E-state index in [-0.39, 0.29) is 35.9 Å². The molecule has 1 rings (SSSR count). The van der Waals surface area contributed by atoms with Gasteiger partial charge in [0.1, 0.15) is 0 Å². The monoisotopic (exact) mass is 347 g/mol. The summed E-state index contributed by atoms with van der Waals surface area (Å²) >= 11 is 0. The summed E-state index contributed by atoms with van der Waals surface area (Å²) in [6.45, 7) is 11.6. The number of carbonyl (C=O) groups is 3. The van der Waals surface area contributed by atoms with Crippen LogP contribution in [0.2, 0.25) is 0 Å². The van der Waals surface area contributed by atoms with E-state index in [4.69, 9.17) is 0 Å². The van der Waals surface area contributed by atoms with Crippen LogP contribution in [-0.2, 0) is 15.0 Å². The average Bonchev–Trinajstić information content (AvgIpc) is 2.48. The van der Waals surface area contributed by atoms with Gasteiger partial charge in [0.15, 0.2) is 0 Å². The van der Waals surface area contributed by atoms with Crippen molar-refractivity contribution in [1.29, 1.82) is 0 Å². The molecule has 1 aromatic rings. The molecule has 3 amide bonds. The van der Waals surface area contributed by atoms with Gasteiger partial charge < -0.3 is 16.0 Å². The standard InChI is InChI=1S/C19H29N3O3/c1-18(2,3)14-9-7-13(8-10-14)17(25)21-11-15(23)20-12-16(24)22-19(4,5)6/h7-10H,11-12H2,1-6H3,(H,20,23)(H,21,25)(H,22,24). The van der Waals surface area contributed by atoms with Crippen LogP contribution in [-0.4, -0.2) is 36.3 Å². The zero-order valence-corrected chi connectivity index (χ0v) is 15.9. The minimum atomic E-state index is -0.413. The van der Waals surface area contributed by atoms with E-state index in [9.17, 15) is 14.4 Å². The van der Waals surface area contributed by atoms with Crippen molar-refractivity contribution in [3.8, 4) is 0 Å². The lowest BCUT2D eigenvalue weighted by atomic mass is 9.87. The SMILES string of the molecule is CC(C)(C)NC(=O)CNC(=O)CNC(=O)c1ccc(C(C)(C)C)cc1. The second-order valence-electron chi connectivity index (χ2n) is 8.08. The van der Waals surface area contributed by atoms with Crippen molar-refractivity contribution in [2.24, 2.45) is 0 Å². The predicted octanol–water partition coefficient (Wildman–Crippen LogP) is 1.74. The van der Waals surface area contributed by atoms with Gasteiger partial charge in [0.25, 0.3) is 5.91 Å². The lowest BCUT2D eigenvalue weighted by Gasteiger charge is -2.20. The highest BCUT2D eigenvalue weighted by molar-refractivity contribution is 5.96. The van der Waals surface area contributed by atoms with Crippen LogP contribution in [0.1, 0.15) is 57.5 Å². The molecule has 0 unspecified atom stereocenters. The molecule has 0 saturated heterocycles. The number of benzene rings is 1. The summed E-state index contributed by atoms with van der Waals surface area (Å²) in [5.41, 5.74) is 1.29. The minimum absolute atomic E-state index is 0.0164. The van der Waals surface area contributed by atoms with E-state index in [2.05, 4.69) is 36.7 Å².